The van der Waals surface area contributed by atoms with E-state index < -0.39 is 0 Å². The number of phenolic OH excluding ortho intramolecular Hbond substituents is 2. The predicted octanol–water partition coefficient (Wildman–Crippen LogP) is 4.50. The van der Waals surface area contributed by atoms with Crippen LogP contribution >= 0.6 is 23.2 Å². The maximum Gasteiger partial charge on any atom is 0.140 e. The third-order valence-electron chi connectivity index (χ3n) is 3.81. The van der Waals surface area contributed by atoms with Gasteiger partial charge in [-0.1, -0.05) is 35.3 Å². The standard InChI is InChI=1S/C19H18Cl2O4/c20-18-10-16(24)7-3-12(18)1-5-14(22)9-15(23)6-2-13-4-8-17(25)11-19(13)21/h3-4,7-8,10-11,24-25H,1-2,5-6,9H2. The molecule has 0 saturated heterocycles. The minimum atomic E-state index is -0.147. The van der Waals surface area contributed by atoms with Gasteiger partial charge in [0.1, 0.15) is 23.1 Å². The summed E-state index contributed by atoms with van der Waals surface area (Å²) in [4.78, 5) is 23.9. The molecule has 2 N–H and O–H groups in total. The summed E-state index contributed by atoms with van der Waals surface area (Å²) in [6, 6.07) is 9.21. The first-order valence-corrected chi connectivity index (χ1v) is 8.59. The minimum Gasteiger partial charge on any atom is -0.508 e. The third-order valence-corrected chi connectivity index (χ3v) is 4.52. The fourth-order valence-electron chi connectivity index (χ4n) is 2.42. The largest absolute Gasteiger partial charge is 0.508 e. The predicted molar refractivity (Wildman–Crippen MR) is 97.5 cm³/mol. The normalized spacial score (nSPS) is 10.6. The zero-order valence-corrected chi connectivity index (χ0v) is 15.0. The van der Waals surface area contributed by atoms with Gasteiger partial charge in [-0.3, -0.25) is 9.59 Å². The van der Waals surface area contributed by atoms with Crippen molar-refractivity contribution in [2.45, 2.75) is 32.1 Å². The van der Waals surface area contributed by atoms with Crippen molar-refractivity contribution in [1.82, 2.24) is 0 Å². The molecule has 132 valence electrons. The van der Waals surface area contributed by atoms with Crippen molar-refractivity contribution in [1.29, 1.82) is 0 Å². The van der Waals surface area contributed by atoms with Crippen molar-refractivity contribution in [3.8, 4) is 11.5 Å². The highest BCUT2D eigenvalue weighted by molar-refractivity contribution is 6.31. The summed E-state index contributed by atoms with van der Waals surface area (Å²) in [6.45, 7) is 0. The Labute approximate surface area is 156 Å². The lowest BCUT2D eigenvalue weighted by molar-refractivity contribution is -0.126. The fourth-order valence-corrected chi connectivity index (χ4v) is 2.96. The number of hydrogen-bond acceptors (Lipinski definition) is 4. The number of aromatic hydroxyl groups is 2. The number of benzene rings is 2. The molecule has 0 aliphatic heterocycles. The Morgan fingerprint density at radius 2 is 1.16 bits per heavy atom. The van der Waals surface area contributed by atoms with E-state index in [1.54, 1.807) is 12.1 Å². The number of halogens is 2. The highest BCUT2D eigenvalue weighted by Gasteiger charge is 2.12. The average Bonchev–Trinajstić information content (AvgIpc) is 2.53. The number of ketones is 2. The van der Waals surface area contributed by atoms with Gasteiger partial charge in [0.05, 0.1) is 6.42 Å². The second kappa shape index (κ2) is 8.88. The zero-order valence-electron chi connectivity index (χ0n) is 13.5. The maximum atomic E-state index is 12.0. The Bertz CT molecular complexity index is 721. The lowest BCUT2D eigenvalue weighted by Gasteiger charge is -2.06. The topological polar surface area (TPSA) is 74.6 Å². The highest BCUT2D eigenvalue weighted by Crippen LogP contribution is 2.24. The molecule has 6 heteroatoms. The number of Topliss-reactive ketones (excluding diaryl/α,β-unsaturated/α-hetero) is 2. The third kappa shape index (κ3) is 6.07. The van der Waals surface area contributed by atoms with Gasteiger partial charge in [-0.15, -0.1) is 0 Å². The first kappa shape index (κ1) is 19.3. The van der Waals surface area contributed by atoms with Crippen LogP contribution in [0.2, 0.25) is 10.0 Å². The Kier molecular flexibility index (Phi) is 6.85. The molecule has 25 heavy (non-hydrogen) atoms. The highest BCUT2D eigenvalue weighted by atomic mass is 35.5. The lowest BCUT2D eigenvalue weighted by Crippen LogP contribution is -2.09. The van der Waals surface area contributed by atoms with Crippen LogP contribution in [-0.4, -0.2) is 21.8 Å². The summed E-state index contributed by atoms with van der Waals surface area (Å²) >= 11 is 12.0. The van der Waals surface area contributed by atoms with Crippen LogP contribution < -0.4 is 0 Å². The van der Waals surface area contributed by atoms with Gasteiger partial charge in [0.25, 0.3) is 0 Å². The number of rotatable bonds is 8. The molecule has 0 aromatic heterocycles. The van der Waals surface area contributed by atoms with Gasteiger partial charge in [0.15, 0.2) is 0 Å². The lowest BCUT2D eigenvalue weighted by atomic mass is 10.0. The maximum absolute atomic E-state index is 12.0. The van der Waals surface area contributed by atoms with Gasteiger partial charge in [-0.05, 0) is 48.2 Å². The smallest absolute Gasteiger partial charge is 0.140 e. The van der Waals surface area contributed by atoms with E-state index in [0.29, 0.717) is 22.9 Å². The second-order valence-corrected chi connectivity index (χ2v) is 6.62. The SMILES string of the molecule is O=C(CCc1ccc(O)cc1Cl)CC(=O)CCc1ccc(O)cc1Cl. The molecule has 2 aromatic rings. The molecule has 0 radical (unpaired) electrons. The van der Waals surface area contributed by atoms with E-state index in [1.165, 1.54) is 24.3 Å². The van der Waals surface area contributed by atoms with E-state index >= 15 is 0 Å². The van der Waals surface area contributed by atoms with E-state index in [9.17, 15) is 19.8 Å². The molecule has 0 heterocycles. The molecular weight excluding hydrogens is 363 g/mol. The molecule has 0 fully saturated rings. The van der Waals surface area contributed by atoms with Crippen molar-refractivity contribution in [3.63, 3.8) is 0 Å². The minimum absolute atomic E-state index is 0.0724. The van der Waals surface area contributed by atoms with Gasteiger partial charge >= 0.3 is 0 Å². The molecule has 0 aliphatic carbocycles. The Morgan fingerprint density at radius 3 is 1.52 bits per heavy atom. The van der Waals surface area contributed by atoms with Gasteiger partial charge < -0.3 is 10.2 Å². The summed E-state index contributed by atoms with van der Waals surface area (Å²) < 4.78 is 0. The Morgan fingerprint density at radius 1 is 0.760 bits per heavy atom. The number of hydrogen-bond donors (Lipinski definition) is 2. The molecule has 0 spiro atoms. The Balaban J connectivity index is 1.79. The van der Waals surface area contributed by atoms with Crippen LogP contribution in [0.25, 0.3) is 0 Å². The van der Waals surface area contributed by atoms with E-state index in [2.05, 4.69) is 0 Å². The zero-order chi connectivity index (χ0) is 18.4. The van der Waals surface area contributed by atoms with E-state index in [-0.39, 0.29) is 42.3 Å². The molecule has 0 aliphatic rings. The van der Waals surface area contributed by atoms with Gasteiger partial charge in [0, 0.05) is 22.9 Å². The van der Waals surface area contributed by atoms with Gasteiger partial charge in [-0.2, -0.15) is 0 Å². The molecule has 2 aromatic carbocycles. The first-order chi connectivity index (χ1) is 11.8. The van der Waals surface area contributed by atoms with Crippen LogP contribution in [0.1, 0.15) is 30.4 Å². The molecule has 2 rings (SSSR count). The van der Waals surface area contributed by atoms with Gasteiger partial charge in [0.2, 0.25) is 0 Å². The van der Waals surface area contributed by atoms with Crippen molar-refractivity contribution in [2.24, 2.45) is 0 Å². The van der Waals surface area contributed by atoms with Crippen molar-refractivity contribution in [2.75, 3.05) is 0 Å². The number of aryl methyl sites for hydroxylation is 2. The molecular formula is C19H18Cl2O4. The second-order valence-electron chi connectivity index (χ2n) is 5.81. The number of carbonyl (C=O) groups excluding carboxylic acids is 2. The molecule has 0 unspecified atom stereocenters. The van der Waals surface area contributed by atoms with Crippen LogP contribution in [0.15, 0.2) is 36.4 Å². The van der Waals surface area contributed by atoms with Gasteiger partial charge in [-0.25, -0.2) is 0 Å². The molecule has 4 nitrogen and oxygen atoms in total. The Hall–Kier alpha value is -2.04. The molecule has 0 atom stereocenters. The number of carbonyl (C=O) groups is 2. The summed E-state index contributed by atoms with van der Waals surface area (Å²) in [5.41, 5.74) is 1.52. The summed E-state index contributed by atoms with van der Waals surface area (Å²) in [5.74, 6) is -0.150. The van der Waals surface area contributed by atoms with E-state index in [0.717, 1.165) is 11.1 Å². The summed E-state index contributed by atoms with van der Waals surface area (Å²) in [7, 11) is 0. The van der Waals surface area contributed by atoms with Crippen LogP contribution in [-0.2, 0) is 22.4 Å². The van der Waals surface area contributed by atoms with Crippen molar-refractivity contribution >= 4 is 34.8 Å². The van der Waals surface area contributed by atoms with E-state index in [1.807, 2.05) is 0 Å². The van der Waals surface area contributed by atoms with E-state index in [4.69, 9.17) is 23.2 Å². The van der Waals surface area contributed by atoms with Crippen molar-refractivity contribution in [3.05, 3.63) is 57.6 Å². The molecule has 0 saturated carbocycles. The quantitative estimate of drug-likeness (QED) is 0.661. The van der Waals surface area contributed by atoms with Crippen LogP contribution in [0.4, 0.5) is 0 Å². The van der Waals surface area contributed by atoms with Crippen LogP contribution in [0, 0.1) is 0 Å². The monoisotopic (exact) mass is 380 g/mol. The molecule has 0 bridgehead atoms. The number of phenols is 2. The summed E-state index contributed by atoms with van der Waals surface area (Å²) in [5, 5.41) is 19.4. The molecule has 0 amide bonds. The fraction of sp³-hybridized carbons (Fsp3) is 0.263. The van der Waals surface area contributed by atoms with Crippen LogP contribution in [0.3, 0.4) is 0 Å². The summed E-state index contributed by atoms with van der Waals surface area (Å²) in [6.07, 6.45) is 1.17. The van der Waals surface area contributed by atoms with Crippen LogP contribution in [0.5, 0.6) is 11.5 Å². The first-order valence-electron chi connectivity index (χ1n) is 7.83. The van der Waals surface area contributed by atoms with Crippen molar-refractivity contribution < 1.29 is 19.8 Å². The average molecular weight is 381 g/mol.